The third-order valence-electron chi connectivity index (χ3n) is 8.22. The maximum atomic E-state index is 13.8. The highest BCUT2D eigenvalue weighted by molar-refractivity contribution is 5.91. The first-order chi connectivity index (χ1) is 16.0. The number of nitrogens with one attached hydrogen (secondary N) is 1. The van der Waals surface area contributed by atoms with E-state index in [0.717, 1.165) is 16.7 Å². The average molecular weight is 466 g/mol. The molecule has 3 aliphatic rings. The number of ketones is 1. The summed E-state index contributed by atoms with van der Waals surface area (Å²) in [5.41, 5.74) is -0.394. The van der Waals surface area contributed by atoms with Gasteiger partial charge in [-0.1, -0.05) is 61.1 Å². The molecule has 1 saturated heterocycles. The molecule has 0 aromatic heterocycles. The number of carbonyl (C=O) groups is 2. The van der Waals surface area contributed by atoms with Crippen molar-refractivity contribution in [2.24, 2.45) is 23.2 Å². The Morgan fingerprint density at radius 1 is 1.06 bits per heavy atom. The SMILES string of the molecule is CC1=C(C)[C@H]2[C@H](Cc3ccccc3)NC(=O)[C@@]23[C@H](O)/C=C/[C@@](C)(O)C(=O)[C@@H](C)C/C=C/[C@H]3[C@@H]1O. The molecule has 0 saturated carbocycles. The molecule has 1 fully saturated rings. The Morgan fingerprint density at radius 3 is 2.41 bits per heavy atom. The van der Waals surface area contributed by atoms with Crippen LogP contribution >= 0.6 is 0 Å². The normalized spacial score (nSPS) is 42.3. The zero-order valence-corrected chi connectivity index (χ0v) is 20.2. The number of hydrogen-bond donors (Lipinski definition) is 4. The summed E-state index contributed by atoms with van der Waals surface area (Å²) in [5.74, 6) is -2.21. The van der Waals surface area contributed by atoms with Crippen LogP contribution in [0.1, 0.15) is 39.7 Å². The Kier molecular flexibility index (Phi) is 6.44. The van der Waals surface area contributed by atoms with E-state index in [4.69, 9.17) is 0 Å². The van der Waals surface area contributed by atoms with Crippen molar-refractivity contribution in [1.82, 2.24) is 5.32 Å². The van der Waals surface area contributed by atoms with Gasteiger partial charge in [-0.2, -0.15) is 0 Å². The average Bonchev–Trinajstić information content (AvgIpc) is 3.09. The van der Waals surface area contributed by atoms with E-state index in [9.17, 15) is 24.9 Å². The van der Waals surface area contributed by atoms with E-state index < -0.39 is 35.1 Å². The molecule has 1 amide bonds. The summed E-state index contributed by atoms with van der Waals surface area (Å²) < 4.78 is 0. The molecule has 1 aromatic rings. The van der Waals surface area contributed by atoms with E-state index in [2.05, 4.69) is 5.32 Å². The van der Waals surface area contributed by atoms with Gasteiger partial charge >= 0.3 is 0 Å². The monoisotopic (exact) mass is 465 g/mol. The highest BCUT2D eigenvalue weighted by Crippen LogP contribution is 2.56. The van der Waals surface area contributed by atoms with E-state index >= 15 is 0 Å². The molecule has 182 valence electrons. The molecule has 4 rings (SSSR count). The smallest absolute Gasteiger partial charge is 0.230 e. The predicted octanol–water partition coefficient (Wildman–Crippen LogP) is 2.49. The van der Waals surface area contributed by atoms with Crippen molar-refractivity contribution in [3.8, 4) is 0 Å². The van der Waals surface area contributed by atoms with Crippen LogP contribution in [0.25, 0.3) is 0 Å². The summed E-state index contributed by atoms with van der Waals surface area (Å²) in [6, 6.07) is 9.60. The number of Topliss-reactive ketones (excluding diaryl/α,β-unsaturated/α-hetero) is 1. The van der Waals surface area contributed by atoms with Gasteiger partial charge in [0.1, 0.15) is 5.60 Å². The van der Waals surface area contributed by atoms with E-state index in [-0.39, 0.29) is 23.7 Å². The number of benzene rings is 1. The Bertz CT molecular complexity index is 1060. The van der Waals surface area contributed by atoms with Crippen LogP contribution in [0.2, 0.25) is 0 Å². The largest absolute Gasteiger partial charge is 0.388 e. The fourth-order valence-corrected chi connectivity index (χ4v) is 6.25. The summed E-state index contributed by atoms with van der Waals surface area (Å²) >= 11 is 0. The third kappa shape index (κ3) is 3.78. The standard InChI is InChI=1S/C28H35NO5/c1-16-9-8-12-20-24(31)18(3)17(2)23-21(15-19-10-6-5-7-11-19)29-26(33)28(20,23)22(30)13-14-27(4,34)25(16)32/h5-8,10-14,16,20-24,30-31,34H,9,15H2,1-4H3,(H,29,33)/b12-8+,14-13+/t16-,20-,21-,22+,23-,24+,27+,28-/m0/s1. The molecule has 34 heavy (non-hydrogen) atoms. The first-order valence-electron chi connectivity index (χ1n) is 12.0. The lowest BCUT2D eigenvalue weighted by atomic mass is 9.54. The fourth-order valence-electron chi connectivity index (χ4n) is 6.25. The molecular formula is C28H35NO5. The van der Waals surface area contributed by atoms with Gasteiger partial charge in [0.2, 0.25) is 5.91 Å². The zero-order valence-electron chi connectivity index (χ0n) is 20.2. The lowest BCUT2D eigenvalue weighted by Gasteiger charge is -2.49. The molecule has 1 aromatic carbocycles. The number of amides is 1. The molecule has 0 bridgehead atoms. The number of aliphatic hydroxyl groups is 3. The number of allylic oxidation sites excluding steroid dienone is 1. The molecule has 1 heterocycles. The summed E-state index contributed by atoms with van der Waals surface area (Å²) in [5, 5.41) is 36.9. The van der Waals surface area contributed by atoms with E-state index in [0.29, 0.717) is 12.8 Å². The van der Waals surface area contributed by atoms with Gasteiger partial charge in [0.05, 0.1) is 17.6 Å². The Labute approximate surface area is 201 Å². The summed E-state index contributed by atoms with van der Waals surface area (Å²) in [7, 11) is 0. The van der Waals surface area contributed by atoms with Crippen LogP contribution in [0.15, 0.2) is 65.8 Å². The van der Waals surface area contributed by atoms with Crippen LogP contribution in [-0.4, -0.2) is 50.9 Å². The van der Waals surface area contributed by atoms with Gasteiger partial charge in [0, 0.05) is 23.8 Å². The van der Waals surface area contributed by atoms with E-state index in [1.807, 2.05) is 44.2 Å². The Hall–Kier alpha value is -2.54. The lowest BCUT2D eigenvalue weighted by Crippen LogP contribution is -2.57. The molecule has 6 heteroatoms. The van der Waals surface area contributed by atoms with Crippen LogP contribution in [0.3, 0.4) is 0 Å². The molecule has 1 aliphatic heterocycles. The molecule has 1 spiro atoms. The first-order valence-corrected chi connectivity index (χ1v) is 12.0. The third-order valence-corrected chi connectivity index (χ3v) is 8.22. The van der Waals surface area contributed by atoms with Gasteiger partial charge in [-0.25, -0.2) is 0 Å². The van der Waals surface area contributed by atoms with Crippen molar-refractivity contribution in [1.29, 1.82) is 0 Å². The van der Waals surface area contributed by atoms with Gasteiger partial charge in [-0.15, -0.1) is 0 Å². The summed E-state index contributed by atoms with van der Waals surface area (Å²) in [4.78, 5) is 26.6. The highest BCUT2D eigenvalue weighted by Gasteiger charge is 2.66. The van der Waals surface area contributed by atoms with Gasteiger partial charge < -0.3 is 20.6 Å². The minimum absolute atomic E-state index is 0.275. The molecule has 0 unspecified atom stereocenters. The minimum atomic E-state index is -1.77. The number of rotatable bonds is 2. The highest BCUT2D eigenvalue weighted by atomic mass is 16.3. The number of aliphatic hydroxyl groups excluding tert-OH is 2. The number of carbonyl (C=O) groups excluding carboxylic acids is 2. The van der Waals surface area contributed by atoms with Gasteiger partial charge in [-0.05, 0) is 50.8 Å². The van der Waals surface area contributed by atoms with Crippen LogP contribution in [-0.2, 0) is 16.0 Å². The second-order valence-corrected chi connectivity index (χ2v) is 10.4. The molecule has 4 N–H and O–H groups in total. The molecular weight excluding hydrogens is 430 g/mol. The van der Waals surface area contributed by atoms with Crippen LogP contribution in [0.4, 0.5) is 0 Å². The van der Waals surface area contributed by atoms with E-state index in [1.54, 1.807) is 19.1 Å². The molecule has 6 nitrogen and oxygen atoms in total. The maximum Gasteiger partial charge on any atom is 0.230 e. The van der Waals surface area contributed by atoms with E-state index in [1.165, 1.54) is 19.1 Å². The fraction of sp³-hybridized carbons (Fsp3) is 0.500. The van der Waals surface area contributed by atoms with Gasteiger partial charge in [-0.3, -0.25) is 9.59 Å². The molecule has 2 aliphatic carbocycles. The second-order valence-electron chi connectivity index (χ2n) is 10.4. The van der Waals surface area contributed by atoms with Crippen molar-refractivity contribution in [2.45, 2.75) is 64.4 Å². The quantitative estimate of drug-likeness (QED) is 0.502. The predicted molar refractivity (Wildman–Crippen MR) is 130 cm³/mol. The minimum Gasteiger partial charge on any atom is -0.388 e. The van der Waals surface area contributed by atoms with Crippen LogP contribution in [0.5, 0.6) is 0 Å². The Morgan fingerprint density at radius 2 is 1.74 bits per heavy atom. The lowest BCUT2D eigenvalue weighted by molar-refractivity contribution is -0.141. The van der Waals surface area contributed by atoms with Crippen molar-refractivity contribution < 1.29 is 24.9 Å². The topological polar surface area (TPSA) is 107 Å². The first kappa shape index (κ1) is 24.6. The van der Waals surface area contributed by atoms with Crippen molar-refractivity contribution in [2.75, 3.05) is 0 Å². The molecule has 0 radical (unpaired) electrons. The maximum absolute atomic E-state index is 13.8. The Balaban J connectivity index is 1.89. The number of hydrogen-bond acceptors (Lipinski definition) is 5. The van der Waals surface area contributed by atoms with Crippen molar-refractivity contribution in [3.05, 3.63) is 71.3 Å². The summed E-state index contributed by atoms with van der Waals surface area (Å²) in [6.07, 6.45) is 4.93. The van der Waals surface area contributed by atoms with Crippen molar-refractivity contribution >= 4 is 11.7 Å². The van der Waals surface area contributed by atoms with Crippen LogP contribution in [0, 0.1) is 23.2 Å². The van der Waals surface area contributed by atoms with Gasteiger partial charge in [0.25, 0.3) is 0 Å². The van der Waals surface area contributed by atoms with Crippen molar-refractivity contribution in [3.63, 3.8) is 0 Å². The zero-order chi connectivity index (χ0) is 24.8. The van der Waals surface area contributed by atoms with Crippen LogP contribution < -0.4 is 5.32 Å². The summed E-state index contributed by atoms with van der Waals surface area (Å²) in [6.45, 7) is 6.95. The van der Waals surface area contributed by atoms with Gasteiger partial charge in [0.15, 0.2) is 5.78 Å². The molecule has 8 atom stereocenters. The second kappa shape index (κ2) is 8.91.